The molecule has 0 aromatic heterocycles. The summed E-state index contributed by atoms with van der Waals surface area (Å²) in [4.78, 5) is 22.3. The lowest BCUT2D eigenvalue weighted by atomic mass is 9.97. The molecule has 0 aliphatic carbocycles. The lowest BCUT2D eigenvalue weighted by Gasteiger charge is -2.23. The summed E-state index contributed by atoms with van der Waals surface area (Å²) in [6.45, 7) is 3.68. The molecule has 0 spiro atoms. The van der Waals surface area contributed by atoms with E-state index in [0.717, 1.165) is 0 Å². The van der Waals surface area contributed by atoms with Crippen molar-refractivity contribution in [1.82, 2.24) is 0 Å². The van der Waals surface area contributed by atoms with Crippen molar-refractivity contribution in [2.45, 2.75) is 38.8 Å². The zero-order valence-electron chi connectivity index (χ0n) is 12.6. The Morgan fingerprint density at radius 2 is 1.91 bits per heavy atom. The second-order valence-corrected chi connectivity index (χ2v) is 5.34. The van der Waals surface area contributed by atoms with Gasteiger partial charge in [0.1, 0.15) is 17.8 Å². The van der Waals surface area contributed by atoms with E-state index >= 15 is 0 Å². The fraction of sp³-hybridized carbons (Fsp3) is 0.467. The van der Waals surface area contributed by atoms with Crippen LogP contribution in [0.4, 0.5) is 5.69 Å². The molecule has 22 heavy (non-hydrogen) atoms. The highest BCUT2D eigenvalue weighted by molar-refractivity contribution is 5.79. The molecule has 1 aromatic carbocycles. The summed E-state index contributed by atoms with van der Waals surface area (Å²) in [5.74, 6) is -2.33. The van der Waals surface area contributed by atoms with Gasteiger partial charge in [0.25, 0.3) is 0 Å². The van der Waals surface area contributed by atoms with Gasteiger partial charge in [-0.25, -0.2) is 4.79 Å². The van der Waals surface area contributed by atoms with Crippen LogP contribution in [0, 0.1) is 5.92 Å². The quantitative estimate of drug-likeness (QED) is 0.488. The Morgan fingerprint density at radius 3 is 2.41 bits per heavy atom. The molecular weight excluding hydrogens is 288 g/mol. The van der Waals surface area contributed by atoms with Crippen LogP contribution in [-0.2, 0) is 16.0 Å². The highest BCUT2D eigenvalue weighted by Gasteiger charge is 2.25. The van der Waals surface area contributed by atoms with Crippen LogP contribution in [0.15, 0.2) is 18.2 Å². The van der Waals surface area contributed by atoms with Gasteiger partial charge >= 0.3 is 11.9 Å². The zero-order chi connectivity index (χ0) is 16.9. The molecule has 0 heterocycles. The van der Waals surface area contributed by atoms with Crippen molar-refractivity contribution in [2.24, 2.45) is 11.7 Å². The minimum atomic E-state index is -1.14. The Balaban J connectivity index is 3.08. The number of anilines is 1. The number of carbonyl (C=O) groups is 2. The zero-order valence-corrected chi connectivity index (χ0v) is 12.6. The van der Waals surface area contributed by atoms with Crippen molar-refractivity contribution in [1.29, 1.82) is 0 Å². The van der Waals surface area contributed by atoms with Crippen LogP contribution >= 0.6 is 0 Å². The summed E-state index contributed by atoms with van der Waals surface area (Å²) < 4.78 is 0. The first kappa shape index (κ1) is 17.8. The number of carboxylic acids is 2. The van der Waals surface area contributed by atoms with Gasteiger partial charge in [0.05, 0.1) is 0 Å². The predicted octanol–water partition coefficient (Wildman–Crippen LogP) is 1.26. The van der Waals surface area contributed by atoms with E-state index in [-0.39, 0.29) is 18.1 Å². The monoisotopic (exact) mass is 310 g/mol. The van der Waals surface area contributed by atoms with Crippen LogP contribution in [-0.4, -0.2) is 39.3 Å². The van der Waals surface area contributed by atoms with E-state index in [9.17, 15) is 19.8 Å². The minimum Gasteiger partial charge on any atom is -0.508 e. The third-order valence-electron chi connectivity index (χ3n) is 3.64. The smallest absolute Gasteiger partial charge is 0.326 e. The maximum atomic E-state index is 11.4. The van der Waals surface area contributed by atoms with Crippen molar-refractivity contribution in [2.75, 3.05) is 5.32 Å². The van der Waals surface area contributed by atoms with Gasteiger partial charge in [0.15, 0.2) is 0 Å². The van der Waals surface area contributed by atoms with Gasteiger partial charge in [0.2, 0.25) is 0 Å². The Labute approximate surface area is 128 Å². The molecule has 0 aliphatic heterocycles. The van der Waals surface area contributed by atoms with Gasteiger partial charge in [-0.3, -0.25) is 4.79 Å². The Bertz CT molecular complexity index is 547. The van der Waals surface area contributed by atoms with Crippen LogP contribution in [0.2, 0.25) is 0 Å². The summed E-state index contributed by atoms with van der Waals surface area (Å²) in [6.07, 6.45) is 0.692. The molecule has 1 aromatic rings. The Hall–Kier alpha value is -2.28. The number of benzene rings is 1. The maximum absolute atomic E-state index is 11.4. The number of hydrogen-bond acceptors (Lipinski definition) is 5. The topological polar surface area (TPSA) is 133 Å². The van der Waals surface area contributed by atoms with Gasteiger partial charge < -0.3 is 26.4 Å². The van der Waals surface area contributed by atoms with Crippen molar-refractivity contribution < 1.29 is 24.9 Å². The molecular formula is C15H22N2O5. The summed E-state index contributed by atoms with van der Waals surface area (Å²) >= 11 is 0. The lowest BCUT2D eigenvalue weighted by Crippen LogP contribution is -2.36. The first-order valence-corrected chi connectivity index (χ1v) is 7.05. The second kappa shape index (κ2) is 7.65. The van der Waals surface area contributed by atoms with Gasteiger partial charge in [0, 0.05) is 18.2 Å². The number of rotatable bonds is 8. The average molecular weight is 310 g/mol. The number of aliphatic carboxylic acids is 2. The highest BCUT2D eigenvalue weighted by atomic mass is 16.4. The first-order chi connectivity index (χ1) is 10.3. The van der Waals surface area contributed by atoms with Crippen molar-refractivity contribution in [3.63, 3.8) is 0 Å². The number of nitrogens with one attached hydrogen (secondary N) is 1. The van der Waals surface area contributed by atoms with E-state index in [2.05, 4.69) is 5.32 Å². The first-order valence-electron chi connectivity index (χ1n) is 7.05. The van der Waals surface area contributed by atoms with Crippen LogP contribution in [0.3, 0.4) is 0 Å². The van der Waals surface area contributed by atoms with Crippen LogP contribution < -0.4 is 11.1 Å². The summed E-state index contributed by atoms with van der Waals surface area (Å²) in [5, 5.41) is 30.7. The summed E-state index contributed by atoms with van der Waals surface area (Å²) in [5.41, 5.74) is 6.45. The number of hydrogen-bond donors (Lipinski definition) is 5. The largest absolute Gasteiger partial charge is 0.508 e. The molecule has 0 radical (unpaired) electrons. The van der Waals surface area contributed by atoms with E-state index in [1.165, 1.54) is 18.2 Å². The fourth-order valence-electron chi connectivity index (χ4n) is 2.05. The van der Waals surface area contributed by atoms with Crippen molar-refractivity contribution in [3.05, 3.63) is 23.8 Å². The highest BCUT2D eigenvalue weighted by Crippen LogP contribution is 2.25. The maximum Gasteiger partial charge on any atom is 0.326 e. The van der Waals surface area contributed by atoms with E-state index in [0.29, 0.717) is 17.7 Å². The van der Waals surface area contributed by atoms with Crippen LogP contribution in [0.25, 0.3) is 0 Å². The number of nitrogens with two attached hydrogens (primary N) is 1. The SMILES string of the molecule is CC[C@H](C)[C@H](Nc1cc(O)ccc1C[C@H](N)C(=O)O)C(=O)O. The van der Waals surface area contributed by atoms with Crippen molar-refractivity contribution in [3.8, 4) is 5.75 Å². The lowest BCUT2D eigenvalue weighted by molar-refractivity contribution is -0.139. The third kappa shape index (κ3) is 4.63. The van der Waals surface area contributed by atoms with Crippen LogP contribution in [0.1, 0.15) is 25.8 Å². The molecule has 7 nitrogen and oxygen atoms in total. The molecule has 0 unspecified atom stereocenters. The molecule has 0 saturated carbocycles. The predicted molar refractivity (Wildman–Crippen MR) is 81.9 cm³/mol. The minimum absolute atomic E-state index is 0.0325. The molecule has 0 saturated heterocycles. The van der Waals surface area contributed by atoms with E-state index < -0.39 is 24.0 Å². The second-order valence-electron chi connectivity index (χ2n) is 5.34. The van der Waals surface area contributed by atoms with E-state index in [1.807, 2.05) is 6.92 Å². The Morgan fingerprint density at radius 1 is 1.27 bits per heavy atom. The number of carboxylic acid groups (broad SMARTS) is 2. The van der Waals surface area contributed by atoms with Gasteiger partial charge in [-0.05, 0) is 17.5 Å². The van der Waals surface area contributed by atoms with Gasteiger partial charge in [-0.15, -0.1) is 0 Å². The normalized spacial score (nSPS) is 14.9. The molecule has 1 rings (SSSR count). The van der Waals surface area contributed by atoms with E-state index in [4.69, 9.17) is 10.8 Å². The van der Waals surface area contributed by atoms with Crippen LogP contribution in [0.5, 0.6) is 5.75 Å². The van der Waals surface area contributed by atoms with Gasteiger partial charge in [-0.2, -0.15) is 0 Å². The summed E-state index contributed by atoms with van der Waals surface area (Å²) in [7, 11) is 0. The fourth-order valence-corrected chi connectivity index (χ4v) is 2.05. The molecule has 122 valence electrons. The van der Waals surface area contributed by atoms with Crippen molar-refractivity contribution >= 4 is 17.6 Å². The molecule has 6 N–H and O–H groups in total. The molecule has 0 amide bonds. The molecule has 3 atom stereocenters. The standard InChI is InChI=1S/C15H22N2O5/c1-3-8(2)13(15(21)22)17-12-7-10(18)5-4-9(12)6-11(16)14(19)20/h4-5,7-8,11,13,17-18H,3,6,16H2,1-2H3,(H,19,20)(H,21,22)/t8-,11-,13-/m0/s1. The van der Waals surface area contributed by atoms with Gasteiger partial charge in [-0.1, -0.05) is 26.3 Å². The molecule has 0 bridgehead atoms. The Kier molecular flexibility index (Phi) is 6.18. The average Bonchev–Trinajstić information content (AvgIpc) is 2.45. The van der Waals surface area contributed by atoms with E-state index in [1.54, 1.807) is 6.92 Å². The molecule has 0 aliphatic rings. The third-order valence-corrected chi connectivity index (χ3v) is 3.64. The molecule has 0 fully saturated rings. The molecule has 7 heteroatoms. The number of phenolic OH excluding ortho intramolecular Hbond substituents is 1. The number of phenols is 1. The number of aromatic hydroxyl groups is 1. The summed E-state index contributed by atoms with van der Waals surface area (Å²) in [6, 6.07) is 2.38.